The SMILES string of the molecule is NC(=O)N1CCC(NC(Cc2ccccc2)c2ccccc2F)CC1. The summed E-state index contributed by atoms with van der Waals surface area (Å²) in [7, 11) is 0. The maximum atomic E-state index is 14.4. The Morgan fingerprint density at radius 3 is 2.40 bits per heavy atom. The highest BCUT2D eigenvalue weighted by Crippen LogP contribution is 2.24. The number of nitrogens with one attached hydrogen (secondary N) is 1. The summed E-state index contributed by atoms with van der Waals surface area (Å²) in [5.74, 6) is -0.189. The number of halogens is 1. The van der Waals surface area contributed by atoms with E-state index in [4.69, 9.17) is 5.73 Å². The van der Waals surface area contributed by atoms with Gasteiger partial charge >= 0.3 is 6.03 Å². The maximum Gasteiger partial charge on any atom is 0.314 e. The largest absolute Gasteiger partial charge is 0.351 e. The van der Waals surface area contributed by atoms with Crippen LogP contribution in [0.5, 0.6) is 0 Å². The first-order valence-electron chi connectivity index (χ1n) is 8.72. The van der Waals surface area contributed by atoms with Gasteiger partial charge in [0.25, 0.3) is 0 Å². The number of nitrogens with two attached hydrogens (primary N) is 1. The smallest absolute Gasteiger partial charge is 0.314 e. The van der Waals surface area contributed by atoms with Crippen molar-refractivity contribution in [3.05, 3.63) is 71.5 Å². The van der Waals surface area contributed by atoms with Gasteiger partial charge in [0.2, 0.25) is 0 Å². The second kappa shape index (κ2) is 8.12. The molecule has 0 bridgehead atoms. The molecule has 1 aliphatic heterocycles. The maximum absolute atomic E-state index is 14.4. The zero-order valence-electron chi connectivity index (χ0n) is 14.2. The zero-order chi connectivity index (χ0) is 17.6. The molecule has 1 heterocycles. The van der Waals surface area contributed by atoms with Crippen LogP contribution < -0.4 is 11.1 Å². The van der Waals surface area contributed by atoms with Gasteiger partial charge in [-0.2, -0.15) is 0 Å². The van der Waals surface area contributed by atoms with Crippen molar-refractivity contribution < 1.29 is 9.18 Å². The van der Waals surface area contributed by atoms with Gasteiger partial charge in [0.15, 0.2) is 0 Å². The zero-order valence-corrected chi connectivity index (χ0v) is 14.2. The number of nitrogens with zero attached hydrogens (tertiary/aromatic N) is 1. The Bertz CT molecular complexity index is 699. The molecule has 0 radical (unpaired) electrons. The second-order valence-corrected chi connectivity index (χ2v) is 6.53. The van der Waals surface area contributed by atoms with E-state index in [1.165, 1.54) is 6.07 Å². The molecule has 5 heteroatoms. The lowest BCUT2D eigenvalue weighted by Crippen LogP contribution is -2.47. The molecule has 0 aromatic heterocycles. The molecule has 1 atom stereocenters. The van der Waals surface area contributed by atoms with Gasteiger partial charge in [-0.25, -0.2) is 9.18 Å². The predicted octanol–water partition coefficient (Wildman–Crippen LogP) is 3.24. The van der Waals surface area contributed by atoms with Crippen LogP contribution in [0.25, 0.3) is 0 Å². The van der Waals surface area contributed by atoms with Crippen LogP contribution in [0.3, 0.4) is 0 Å². The minimum absolute atomic E-state index is 0.103. The predicted molar refractivity (Wildman–Crippen MR) is 96.6 cm³/mol. The van der Waals surface area contributed by atoms with Gasteiger partial charge in [-0.1, -0.05) is 48.5 Å². The number of carbonyl (C=O) groups is 1. The van der Waals surface area contributed by atoms with Gasteiger partial charge in [-0.15, -0.1) is 0 Å². The van der Waals surface area contributed by atoms with E-state index in [-0.39, 0.29) is 23.9 Å². The molecule has 25 heavy (non-hydrogen) atoms. The monoisotopic (exact) mass is 341 g/mol. The van der Waals surface area contributed by atoms with Gasteiger partial charge in [0, 0.05) is 30.7 Å². The van der Waals surface area contributed by atoms with Crippen LogP contribution in [0.15, 0.2) is 54.6 Å². The van der Waals surface area contributed by atoms with Crippen molar-refractivity contribution >= 4 is 6.03 Å². The van der Waals surface area contributed by atoms with Gasteiger partial charge < -0.3 is 16.0 Å². The van der Waals surface area contributed by atoms with Crippen molar-refractivity contribution in [3.8, 4) is 0 Å². The van der Waals surface area contributed by atoms with Crippen LogP contribution in [-0.2, 0) is 6.42 Å². The van der Waals surface area contributed by atoms with E-state index in [0.29, 0.717) is 18.7 Å². The van der Waals surface area contributed by atoms with E-state index in [1.807, 2.05) is 30.3 Å². The highest BCUT2D eigenvalue weighted by atomic mass is 19.1. The molecular formula is C20H24FN3O. The molecule has 0 aliphatic carbocycles. The summed E-state index contributed by atoms with van der Waals surface area (Å²) >= 11 is 0. The lowest BCUT2D eigenvalue weighted by Gasteiger charge is -2.34. The van der Waals surface area contributed by atoms with Crippen LogP contribution in [0.4, 0.5) is 9.18 Å². The third-order valence-electron chi connectivity index (χ3n) is 4.81. The number of hydrogen-bond donors (Lipinski definition) is 2. The fraction of sp³-hybridized carbons (Fsp3) is 0.350. The second-order valence-electron chi connectivity index (χ2n) is 6.53. The molecule has 1 unspecified atom stereocenters. The molecule has 1 aliphatic rings. The highest BCUT2D eigenvalue weighted by molar-refractivity contribution is 5.72. The van der Waals surface area contributed by atoms with Crippen molar-refractivity contribution in [1.82, 2.24) is 10.2 Å². The molecular weight excluding hydrogens is 317 g/mol. The average Bonchev–Trinajstić information content (AvgIpc) is 2.63. The highest BCUT2D eigenvalue weighted by Gasteiger charge is 2.25. The number of amides is 2. The molecule has 2 aromatic carbocycles. The fourth-order valence-corrected chi connectivity index (χ4v) is 3.42. The van der Waals surface area contributed by atoms with E-state index in [1.54, 1.807) is 11.0 Å². The van der Waals surface area contributed by atoms with Crippen LogP contribution in [0.1, 0.15) is 30.0 Å². The topological polar surface area (TPSA) is 58.4 Å². The lowest BCUT2D eigenvalue weighted by atomic mass is 9.95. The third kappa shape index (κ3) is 4.57. The van der Waals surface area contributed by atoms with Crippen LogP contribution >= 0.6 is 0 Å². The van der Waals surface area contributed by atoms with E-state index in [0.717, 1.165) is 24.8 Å². The van der Waals surface area contributed by atoms with Gasteiger partial charge in [-0.05, 0) is 30.9 Å². The molecule has 132 valence electrons. The van der Waals surface area contributed by atoms with E-state index < -0.39 is 0 Å². The number of urea groups is 1. The Balaban J connectivity index is 1.73. The summed E-state index contributed by atoms with van der Waals surface area (Å²) in [6.45, 7) is 1.28. The van der Waals surface area contributed by atoms with Crippen molar-refractivity contribution in [3.63, 3.8) is 0 Å². The van der Waals surface area contributed by atoms with Gasteiger partial charge in [-0.3, -0.25) is 0 Å². The molecule has 3 rings (SSSR count). The summed E-state index contributed by atoms with van der Waals surface area (Å²) in [6, 6.07) is 16.8. The molecule has 2 aromatic rings. The standard InChI is InChI=1S/C20H24FN3O/c21-18-9-5-4-8-17(18)19(14-15-6-2-1-3-7-15)23-16-10-12-24(13-11-16)20(22)25/h1-9,16,19,23H,10-14H2,(H2,22,25). The first-order chi connectivity index (χ1) is 12.1. The van der Waals surface area contributed by atoms with E-state index in [9.17, 15) is 9.18 Å². The molecule has 2 amide bonds. The number of hydrogen-bond acceptors (Lipinski definition) is 2. The Kier molecular flexibility index (Phi) is 5.66. The third-order valence-corrected chi connectivity index (χ3v) is 4.81. The summed E-state index contributed by atoms with van der Waals surface area (Å²) in [5.41, 5.74) is 7.19. The van der Waals surface area contributed by atoms with Gasteiger partial charge in [0.05, 0.1) is 0 Å². The van der Waals surface area contributed by atoms with Crippen LogP contribution in [0, 0.1) is 5.82 Å². The minimum atomic E-state index is -0.367. The molecule has 0 spiro atoms. The Labute approximate surface area is 147 Å². The normalized spacial score (nSPS) is 16.6. The average molecular weight is 341 g/mol. The lowest BCUT2D eigenvalue weighted by molar-refractivity contribution is 0.182. The van der Waals surface area contributed by atoms with Crippen LogP contribution in [-0.4, -0.2) is 30.1 Å². The quantitative estimate of drug-likeness (QED) is 0.877. The number of benzene rings is 2. The van der Waals surface area contributed by atoms with Crippen molar-refractivity contribution in [2.45, 2.75) is 31.3 Å². The molecule has 1 saturated heterocycles. The van der Waals surface area contributed by atoms with Crippen molar-refractivity contribution in [2.24, 2.45) is 5.73 Å². The number of rotatable bonds is 5. The molecule has 0 saturated carbocycles. The first-order valence-corrected chi connectivity index (χ1v) is 8.72. The summed E-state index contributed by atoms with van der Waals surface area (Å²) < 4.78 is 14.4. The summed E-state index contributed by atoms with van der Waals surface area (Å²) in [6.07, 6.45) is 2.36. The Hall–Kier alpha value is -2.40. The van der Waals surface area contributed by atoms with E-state index in [2.05, 4.69) is 17.4 Å². The summed E-state index contributed by atoms with van der Waals surface area (Å²) in [4.78, 5) is 12.9. The minimum Gasteiger partial charge on any atom is -0.351 e. The molecule has 3 N–H and O–H groups in total. The van der Waals surface area contributed by atoms with Crippen LogP contribution in [0.2, 0.25) is 0 Å². The number of piperidine rings is 1. The number of primary amides is 1. The van der Waals surface area contributed by atoms with Gasteiger partial charge in [0.1, 0.15) is 5.82 Å². The van der Waals surface area contributed by atoms with E-state index >= 15 is 0 Å². The number of carbonyl (C=O) groups excluding carboxylic acids is 1. The summed E-state index contributed by atoms with van der Waals surface area (Å²) in [5, 5.41) is 3.60. The van der Waals surface area contributed by atoms with Crippen molar-refractivity contribution in [2.75, 3.05) is 13.1 Å². The number of likely N-dealkylation sites (tertiary alicyclic amines) is 1. The first kappa shape index (κ1) is 17.4. The Morgan fingerprint density at radius 1 is 1.12 bits per heavy atom. The molecule has 1 fully saturated rings. The fourth-order valence-electron chi connectivity index (χ4n) is 3.42. The van der Waals surface area contributed by atoms with Crippen molar-refractivity contribution in [1.29, 1.82) is 0 Å². The Morgan fingerprint density at radius 2 is 1.76 bits per heavy atom. The molecule has 4 nitrogen and oxygen atoms in total.